The lowest BCUT2D eigenvalue weighted by atomic mass is 10.4. The van der Waals surface area contributed by atoms with Gasteiger partial charge in [-0.2, -0.15) is 20.1 Å². The van der Waals surface area contributed by atoms with Crippen LogP contribution in [0.4, 0.5) is 11.9 Å². The van der Waals surface area contributed by atoms with E-state index in [-0.39, 0.29) is 0 Å². The Morgan fingerprint density at radius 1 is 1.29 bits per heavy atom. The van der Waals surface area contributed by atoms with Crippen molar-refractivity contribution in [3.63, 3.8) is 0 Å². The van der Waals surface area contributed by atoms with Gasteiger partial charge in [-0.3, -0.25) is 0 Å². The highest BCUT2D eigenvalue weighted by Crippen LogP contribution is 2.14. The van der Waals surface area contributed by atoms with E-state index < -0.39 is 0 Å². The molecule has 0 bridgehead atoms. The van der Waals surface area contributed by atoms with Gasteiger partial charge in [-0.1, -0.05) is 0 Å². The van der Waals surface area contributed by atoms with Crippen LogP contribution in [0.25, 0.3) is 5.95 Å². The maximum Gasteiger partial charge on any atom is 0.257 e. The zero-order valence-electron chi connectivity index (χ0n) is 11.8. The minimum atomic E-state index is 0.459. The van der Waals surface area contributed by atoms with Gasteiger partial charge in [0.1, 0.15) is 5.76 Å². The summed E-state index contributed by atoms with van der Waals surface area (Å²) in [7, 11) is 3.66. The molecule has 0 aliphatic heterocycles. The van der Waals surface area contributed by atoms with Crippen LogP contribution in [0, 0.1) is 0 Å². The van der Waals surface area contributed by atoms with Gasteiger partial charge in [0.15, 0.2) is 0 Å². The first-order valence-corrected chi connectivity index (χ1v) is 6.43. The molecule has 0 unspecified atom stereocenters. The average molecular weight is 285 g/mol. The molecule has 0 radical (unpaired) electrons. The normalized spacial score (nSPS) is 10.6. The summed E-state index contributed by atoms with van der Waals surface area (Å²) in [4.78, 5) is 15.0. The molecular weight excluding hydrogens is 270 g/mol. The van der Waals surface area contributed by atoms with Crippen LogP contribution < -0.4 is 10.2 Å². The molecule has 3 aromatic heterocycles. The Bertz CT molecular complexity index is 693. The fourth-order valence-electron chi connectivity index (χ4n) is 1.83. The maximum atomic E-state index is 5.34. The zero-order chi connectivity index (χ0) is 14.7. The number of hydrogen-bond acceptors (Lipinski definition) is 7. The van der Waals surface area contributed by atoms with Crippen molar-refractivity contribution in [1.82, 2.24) is 24.7 Å². The van der Waals surface area contributed by atoms with Gasteiger partial charge >= 0.3 is 0 Å². The van der Waals surface area contributed by atoms with Crippen LogP contribution in [-0.2, 0) is 6.54 Å². The van der Waals surface area contributed by atoms with Crippen LogP contribution >= 0.6 is 0 Å². The summed E-state index contributed by atoms with van der Waals surface area (Å²) >= 11 is 0. The predicted octanol–water partition coefficient (Wildman–Crippen LogP) is 1.33. The Morgan fingerprint density at radius 2 is 2.19 bits per heavy atom. The molecule has 0 atom stereocenters. The molecule has 108 valence electrons. The monoisotopic (exact) mass is 285 g/mol. The third kappa shape index (κ3) is 2.83. The fourth-order valence-corrected chi connectivity index (χ4v) is 1.83. The first kappa shape index (κ1) is 13.1. The number of nitrogens with one attached hydrogen (secondary N) is 1. The molecule has 21 heavy (non-hydrogen) atoms. The third-order valence-electron chi connectivity index (χ3n) is 2.86. The number of rotatable bonds is 5. The Morgan fingerprint density at radius 3 is 2.86 bits per heavy atom. The quantitative estimate of drug-likeness (QED) is 0.756. The van der Waals surface area contributed by atoms with Crippen molar-refractivity contribution in [2.45, 2.75) is 6.54 Å². The van der Waals surface area contributed by atoms with E-state index in [1.807, 2.05) is 30.1 Å². The summed E-state index contributed by atoms with van der Waals surface area (Å²) in [6.45, 7) is 0.568. The second-order valence-electron chi connectivity index (χ2n) is 4.40. The highest BCUT2D eigenvalue weighted by molar-refractivity contribution is 5.39. The van der Waals surface area contributed by atoms with Crippen molar-refractivity contribution in [2.75, 3.05) is 24.3 Å². The summed E-state index contributed by atoms with van der Waals surface area (Å²) in [6, 6.07) is 5.57. The van der Waals surface area contributed by atoms with Crippen LogP contribution in [0.2, 0.25) is 0 Å². The van der Waals surface area contributed by atoms with Gasteiger partial charge in [-0.15, -0.1) is 0 Å². The fraction of sp³-hybridized carbons (Fsp3) is 0.231. The van der Waals surface area contributed by atoms with Gasteiger partial charge in [0.05, 0.1) is 12.8 Å². The molecule has 8 nitrogen and oxygen atoms in total. The lowest BCUT2D eigenvalue weighted by Crippen LogP contribution is -2.21. The molecule has 0 aromatic carbocycles. The Balaban J connectivity index is 1.92. The average Bonchev–Trinajstić information content (AvgIpc) is 3.20. The van der Waals surface area contributed by atoms with Crippen molar-refractivity contribution in [2.24, 2.45) is 0 Å². The van der Waals surface area contributed by atoms with Crippen molar-refractivity contribution < 1.29 is 4.42 Å². The molecule has 0 aliphatic rings. The van der Waals surface area contributed by atoms with E-state index in [1.165, 1.54) is 0 Å². The topological polar surface area (TPSA) is 84.9 Å². The van der Waals surface area contributed by atoms with Gasteiger partial charge < -0.3 is 14.6 Å². The number of furan rings is 1. The van der Waals surface area contributed by atoms with E-state index in [4.69, 9.17) is 4.42 Å². The molecule has 1 N–H and O–H groups in total. The van der Waals surface area contributed by atoms with Gasteiger partial charge in [-0.05, 0) is 18.2 Å². The summed E-state index contributed by atoms with van der Waals surface area (Å²) in [6.07, 6.45) is 5.10. The summed E-state index contributed by atoms with van der Waals surface area (Å²) < 4.78 is 6.93. The van der Waals surface area contributed by atoms with Crippen LogP contribution in [0.3, 0.4) is 0 Å². The summed E-state index contributed by atoms with van der Waals surface area (Å²) in [5, 5.41) is 7.07. The van der Waals surface area contributed by atoms with E-state index in [1.54, 1.807) is 30.4 Å². The Kier molecular flexibility index (Phi) is 3.50. The van der Waals surface area contributed by atoms with E-state index in [0.29, 0.717) is 24.4 Å². The van der Waals surface area contributed by atoms with E-state index >= 15 is 0 Å². The number of aromatic nitrogens is 5. The molecule has 0 aliphatic carbocycles. The van der Waals surface area contributed by atoms with Crippen LogP contribution in [-0.4, -0.2) is 38.8 Å². The van der Waals surface area contributed by atoms with Crippen LogP contribution in [0.15, 0.2) is 41.3 Å². The number of nitrogens with zero attached hydrogens (tertiary/aromatic N) is 6. The van der Waals surface area contributed by atoms with E-state index in [9.17, 15) is 0 Å². The SMILES string of the molecule is CNc1nc(N(C)Cc2ccco2)nc(-n2cccn2)n1. The molecule has 3 heterocycles. The molecule has 8 heteroatoms. The standard InChI is InChI=1S/C13H15N7O/c1-14-11-16-12(19(2)9-10-5-3-8-21-10)18-13(17-11)20-7-4-6-15-20/h3-8H,9H2,1-2H3,(H,14,16,17,18). The predicted molar refractivity (Wildman–Crippen MR) is 77.3 cm³/mol. The summed E-state index contributed by atoms with van der Waals surface area (Å²) in [5.74, 6) is 2.32. The van der Waals surface area contributed by atoms with Gasteiger partial charge in [0.25, 0.3) is 5.95 Å². The van der Waals surface area contributed by atoms with Crippen LogP contribution in [0.5, 0.6) is 0 Å². The highest BCUT2D eigenvalue weighted by Gasteiger charge is 2.12. The lowest BCUT2D eigenvalue weighted by Gasteiger charge is -2.16. The minimum absolute atomic E-state index is 0.459. The Hall–Kier alpha value is -2.90. The molecule has 0 fully saturated rings. The molecule has 3 aromatic rings. The van der Waals surface area contributed by atoms with Crippen molar-refractivity contribution in [1.29, 1.82) is 0 Å². The first-order valence-electron chi connectivity index (χ1n) is 6.43. The molecule has 0 spiro atoms. The van der Waals surface area contributed by atoms with Gasteiger partial charge in [-0.25, -0.2) is 4.68 Å². The lowest BCUT2D eigenvalue weighted by molar-refractivity contribution is 0.506. The smallest absolute Gasteiger partial charge is 0.257 e. The molecule has 0 amide bonds. The first-order chi connectivity index (χ1) is 10.3. The number of hydrogen-bond donors (Lipinski definition) is 1. The zero-order valence-corrected chi connectivity index (χ0v) is 11.8. The van der Waals surface area contributed by atoms with Gasteiger partial charge in [0, 0.05) is 26.5 Å². The summed E-state index contributed by atoms with van der Waals surface area (Å²) in [5.41, 5.74) is 0. The largest absolute Gasteiger partial charge is 0.467 e. The van der Waals surface area contributed by atoms with Crippen LogP contribution in [0.1, 0.15) is 5.76 Å². The highest BCUT2D eigenvalue weighted by atomic mass is 16.3. The minimum Gasteiger partial charge on any atom is -0.467 e. The molecule has 3 rings (SSSR count). The molecule has 0 saturated carbocycles. The molecular formula is C13H15N7O. The molecule has 0 saturated heterocycles. The third-order valence-corrected chi connectivity index (χ3v) is 2.86. The van der Waals surface area contributed by atoms with E-state index in [2.05, 4.69) is 25.4 Å². The second-order valence-corrected chi connectivity index (χ2v) is 4.40. The van der Waals surface area contributed by atoms with Crippen molar-refractivity contribution in [3.8, 4) is 5.95 Å². The second kappa shape index (κ2) is 5.61. The number of anilines is 2. The maximum absolute atomic E-state index is 5.34. The van der Waals surface area contributed by atoms with Gasteiger partial charge in [0.2, 0.25) is 11.9 Å². The van der Waals surface area contributed by atoms with Crippen molar-refractivity contribution >= 4 is 11.9 Å². The van der Waals surface area contributed by atoms with Crippen molar-refractivity contribution in [3.05, 3.63) is 42.6 Å². The van der Waals surface area contributed by atoms with E-state index in [0.717, 1.165) is 5.76 Å². The Labute approximate surface area is 121 Å².